The molecule has 0 aliphatic heterocycles. The van der Waals surface area contributed by atoms with E-state index in [0.717, 1.165) is 49.7 Å². The number of benzene rings is 1. The Morgan fingerprint density at radius 1 is 1.05 bits per heavy atom. The van der Waals surface area contributed by atoms with Crippen LogP contribution in [0.2, 0.25) is 5.02 Å². The van der Waals surface area contributed by atoms with Crippen LogP contribution in [0.5, 0.6) is 0 Å². The van der Waals surface area contributed by atoms with E-state index in [1.165, 1.54) is 7.11 Å². The monoisotopic (exact) mass is 602 g/mol. The summed E-state index contributed by atoms with van der Waals surface area (Å²) >= 11 is 6.02. The van der Waals surface area contributed by atoms with Crippen molar-refractivity contribution in [1.29, 1.82) is 0 Å². The lowest BCUT2D eigenvalue weighted by Gasteiger charge is -2.28. The van der Waals surface area contributed by atoms with Crippen molar-refractivity contribution in [2.24, 2.45) is 5.92 Å². The van der Waals surface area contributed by atoms with Gasteiger partial charge in [-0.2, -0.15) is 0 Å². The zero-order valence-electron chi connectivity index (χ0n) is 24.5. The van der Waals surface area contributed by atoms with Crippen molar-refractivity contribution in [3.8, 4) is 0 Å². The number of pyridine rings is 1. The first-order valence-electron chi connectivity index (χ1n) is 14.6. The number of amides is 2. The number of carbonyl (C=O) groups is 3. The normalized spacial score (nSPS) is 15.8. The molecule has 0 spiro atoms. The first kappa shape index (κ1) is 33.3. The maximum atomic E-state index is 13.5. The number of aromatic nitrogens is 1. The molecular weight excluding hydrogens is 560 g/mol. The van der Waals surface area contributed by atoms with Crippen LogP contribution in [0.25, 0.3) is 0 Å². The van der Waals surface area contributed by atoms with Gasteiger partial charge in [0.2, 0.25) is 5.91 Å². The minimum atomic E-state index is -0.983. The lowest BCUT2D eigenvalue weighted by Crippen LogP contribution is -2.52. The van der Waals surface area contributed by atoms with Crippen LogP contribution in [0.3, 0.4) is 0 Å². The van der Waals surface area contributed by atoms with Crippen molar-refractivity contribution >= 4 is 29.6 Å². The summed E-state index contributed by atoms with van der Waals surface area (Å²) in [5.74, 6) is -0.832. The van der Waals surface area contributed by atoms with E-state index in [4.69, 9.17) is 21.1 Å². The Kier molecular flexibility index (Phi) is 14.0. The number of alkyl carbamates (subject to hydrolysis) is 1. The molecule has 2 unspecified atom stereocenters. The Morgan fingerprint density at radius 3 is 2.48 bits per heavy atom. The van der Waals surface area contributed by atoms with Crippen LogP contribution in [0.4, 0.5) is 4.79 Å². The third kappa shape index (κ3) is 11.6. The number of ether oxygens (including phenoxy) is 2. The summed E-state index contributed by atoms with van der Waals surface area (Å²) in [4.78, 5) is 44.6. The number of methoxy groups -OCH3 is 1. The summed E-state index contributed by atoms with van der Waals surface area (Å²) in [5.41, 5.74) is 1.83. The number of nitrogens with zero attached hydrogens (tertiary/aromatic N) is 2. The number of halogens is 1. The summed E-state index contributed by atoms with van der Waals surface area (Å²) in [6.07, 6.45) is 8.72. The zero-order valence-corrected chi connectivity index (χ0v) is 25.2. The van der Waals surface area contributed by atoms with Gasteiger partial charge in [0.15, 0.2) is 0 Å². The topological polar surface area (TPSA) is 130 Å². The molecule has 0 saturated heterocycles. The van der Waals surface area contributed by atoms with Crippen molar-refractivity contribution in [3.05, 3.63) is 64.9 Å². The largest absolute Gasteiger partial charge is 0.467 e. The third-order valence-electron chi connectivity index (χ3n) is 7.69. The molecule has 2 aromatic rings. The number of likely N-dealkylation sites (N-methyl/N-ethyl adjacent to an activating group) is 1. The van der Waals surface area contributed by atoms with E-state index in [1.54, 1.807) is 48.6 Å². The van der Waals surface area contributed by atoms with Gasteiger partial charge in [-0.25, -0.2) is 9.59 Å². The summed E-state index contributed by atoms with van der Waals surface area (Å²) < 4.78 is 10.3. The average Bonchev–Trinajstić information content (AvgIpc) is 3.00. The fourth-order valence-corrected chi connectivity index (χ4v) is 5.36. The van der Waals surface area contributed by atoms with Crippen molar-refractivity contribution in [2.75, 3.05) is 20.7 Å². The van der Waals surface area contributed by atoms with E-state index in [1.807, 2.05) is 12.1 Å². The van der Waals surface area contributed by atoms with Gasteiger partial charge in [0, 0.05) is 24.0 Å². The molecule has 1 saturated carbocycles. The van der Waals surface area contributed by atoms with Gasteiger partial charge in [-0.3, -0.25) is 14.7 Å². The molecule has 3 rings (SSSR count). The number of aliphatic hydroxyl groups is 1. The van der Waals surface area contributed by atoms with Gasteiger partial charge in [-0.1, -0.05) is 55.8 Å². The van der Waals surface area contributed by atoms with Crippen molar-refractivity contribution < 1.29 is 29.0 Å². The Balaban J connectivity index is 1.58. The van der Waals surface area contributed by atoms with E-state index in [9.17, 15) is 19.5 Å². The minimum Gasteiger partial charge on any atom is -0.467 e. The highest BCUT2D eigenvalue weighted by Crippen LogP contribution is 2.27. The molecule has 1 heterocycles. The van der Waals surface area contributed by atoms with Crippen molar-refractivity contribution in [3.63, 3.8) is 0 Å². The molecule has 10 nitrogen and oxygen atoms in total. The zero-order chi connectivity index (χ0) is 30.3. The van der Waals surface area contributed by atoms with Crippen LogP contribution < -0.4 is 10.6 Å². The molecule has 230 valence electrons. The number of carbonyl (C=O) groups excluding carboxylic acids is 3. The SMILES string of the molecule is COC(=O)[C@H](CCC(O)N(C)CCc1ccncc1)NC(=O)C(CC1CCCCC1)NC(=O)OCc1cccc(Cl)c1. The average molecular weight is 603 g/mol. The second kappa shape index (κ2) is 17.7. The van der Waals surface area contributed by atoms with Gasteiger partial charge in [0.05, 0.1) is 7.11 Å². The Labute approximate surface area is 253 Å². The van der Waals surface area contributed by atoms with Crippen LogP contribution in [-0.4, -0.2) is 72.0 Å². The van der Waals surface area contributed by atoms with Gasteiger partial charge in [0.25, 0.3) is 0 Å². The second-order valence-electron chi connectivity index (χ2n) is 10.9. The standard InChI is InChI=1S/C31H43ClN4O6/c1-36(18-15-22-13-16-33-17-14-22)28(37)12-11-26(30(39)41-2)34-29(38)27(20-23-7-4-3-5-8-23)35-31(40)42-21-24-9-6-10-25(32)19-24/h6,9-10,13-14,16-17,19,23,26-28,37H,3-5,7-8,11-12,15,18,20-21H2,1-2H3,(H,34,38)(H,35,40)/t26-,27?,28?/m0/s1. The van der Waals surface area contributed by atoms with E-state index in [2.05, 4.69) is 15.6 Å². The summed E-state index contributed by atoms with van der Waals surface area (Å²) in [7, 11) is 3.06. The molecule has 1 aromatic carbocycles. The molecule has 11 heteroatoms. The number of rotatable bonds is 15. The number of esters is 1. The molecular formula is C31H43ClN4O6. The highest BCUT2D eigenvalue weighted by Gasteiger charge is 2.31. The lowest BCUT2D eigenvalue weighted by atomic mass is 9.84. The van der Waals surface area contributed by atoms with Gasteiger partial charge in [-0.05, 0) is 74.0 Å². The smallest absolute Gasteiger partial charge is 0.408 e. The van der Waals surface area contributed by atoms with E-state index in [-0.39, 0.29) is 25.4 Å². The quantitative estimate of drug-likeness (QED) is 0.204. The van der Waals surface area contributed by atoms with E-state index < -0.39 is 36.3 Å². The molecule has 1 aromatic heterocycles. The number of nitrogens with one attached hydrogen (secondary N) is 2. The Morgan fingerprint density at radius 2 is 1.79 bits per heavy atom. The predicted octanol–water partition coefficient (Wildman–Crippen LogP) is 4.23. The fraction of sp³-hybridized carbons (Fsp3) is 0.548. The van der Waals surface area contributed by atoms with E-state index >= 15 is 0 Å². The molecule has 1 fully saturated rings. The summed E-state index contributed by atoms with van der Waals surface area (Å²) in [6.45, 7) is 0.604. The van der Waals surface area contributed by atoms with Gasteiger partial charge in [0.1, 0.15) is 24.9 Å². The summed E-state index contributed by atoms with van der Waals surface area (Å²) in [5, 5.41) is 16.7. The molecule has 1 aliphatic carbocycles. The van der Waals surface area contributed by atoms with E-state index in [0.29, 0.717) is 18.0 Å². The van der Waals surface area contributed by atoms with Gasteiger partial charge < -0.3 is 25.2 Å². The predicted molar refractivity (Wildman–Crippen MR) is 160 cm³/mol. The molecule has 3 atom stereocenters. The maximum Gasteiger partial charge on any atom is 0.408 e. The first-order valence-corrected chi connectivity index (χ1v) is 15.0. The summed E-state index contributed by atoms with van der Waals surface area (Å²) in [6, 6.07) is 8.96. The third-order valence-corrected chi connectivity index (χ3v) is 7.92. The fourth-order valence-electron chi connectivity index (χ4n) is 5.15. The Hall–Kier alpha value is -3.21. The van der Waals surface area contributed by atoms with Crippen molar-refractivity contribution in [1.82, 2.24) is 20.5 Å². The van der Waals surface area contributed by atoms with Crippen LogP contribution in [0, 0.1) is 5.92 Å². The molecule has 2 amide bonds. The highest BCUT2D eigenvalue weighted by atomic mass is 35.5. The number of hydrogen-bond donors (Lipinski definition) is 3. The number of aliphatic hydroxyl groups excluding tert-OH is 1. The molecule has 1 aliphatic rings. The van der Waals surface area contributed by atoms with Crippen LogP contribution in [-0.2, 0) is 32.1 Å². The van der Waals surface area contributed by atoms with Gasteiger partial charge in [-0.15, -0.1) is 0 Å². The second-order valence-corrected chi connectivity index (χ2v) is 11.3. The van der Waals surface area contributed by atoms with Crippen molar-refractivity contribution in [2.45, 2.75) is 82.7 Å². The molecule has 0 radical (unpaired) electrons. The van der Waals surface area contributed by atoms with Crippen LogP contribution >= 0.6 is 11.6 Å². The molecule has 0 bridgehead atoms. The molecule has 3 N–H and O–H groups in total. The minimum absolute atomic E-state index is 0.00150. The maximum absolute atomic E-state index is 13.5. The first-order chi connectivity index (χ1) is 20.2. The lowest BCUT2D eigenvalue weighted by molar-refractivity contribution is -0.145. The number of hydrogen-bond acceptors (Lipinski definition) is 8. The highest BCUT2D eigenvalue weighted by molar-refractivity contribution is 6.30. The van der Waals surface area contributed by atoms with Gasteiger partial charge >= 0.3 is 12.1 Å². The Bertz CT molecular complexity index is 1130. The molecule has 42 heavy (non-hydrogen) atoms. The van der Waals surface area contributed by atoms with Crippen LogP contribution in [0.1, 0.15) is 62.5 Å². The van der Waals surface area contributed by atoms with Crippen LogP contribution in [0.15, 0.2) is 48.8 Å².